The minimum Gasteiger partial charge on any atom is -0.351 e. The van der Waals surface area contributed by atoms with Crippen molar-refractivity contribution in [2.45, 2.75) is 43.7 Å². The van der Waals surface area contributed by atoms with Gasteiger partial charge in [0, 0.05) is 75.4 Å². The van der Waals surface area contributed by atoms with Gasteiger partial charge in [-0.25, -0.2) is 8.42 Å². The number of benzene rings is 2. The molecular formula is C29H37N5O4S. The quantitative estimate of drug-likeness (QED) is 0.446. The second-order valence-corrected chi connectivity index (χ2v) is 12.5. The van der Waals surface area contributed by atoms with Crippen molar-refractivity contribution in [1.82, 2.24) is 24.4 Å². The molecule has 0 radical (unpaired) electrons. The van der Waals surface area contributed by atoms with Gasteiger partial charge in [0.05, 0.1) is 10.5 Å². The van der Waals surface area contributed by atoms with Gasteiger partial charge in [-0.15, -0.1) is 0 Å². The van der Waals surface area contributed by atoms with Gasteiger partial charge in [-0.05, 0) is 43.5 Å². The van der Waals surface area contributed by atoms with E-state index in [1.807, 2.05) is 13.0 Å². The fourth-order valence-corrected chi connectivity index (χ4v) is 7.31. The number of nitrogens with one attached hydrogen (secondary N) is 2. The van der Waals surface area contributed by atoms with E-state index < -0.39 is 15.6 Å². The lowest BCUT2D eigenvalue weighted by atomic mass is 10.1. The molecule has 10 heteroatoms. The number of H-pyrrole nitrogens is 1. The second-order valence-electron chi connectivity index (χ2n) is 10.6. The lowest BCUT2D eigenvalue weighted by Crippen LogP contribution is -2.48. The first kappa shape index (κ1) is 27.5. The standard InChI is InChI=1S/C29H37N5O4S/c1-22-7-5-6-13-34(22)39(37,38)24-10-11-27-25(19-24)26(20-28(35)31-27)29(36)30-12-14-32-15-17-33(18-16-32)21-23-8-3-2-4-9-23/h2-4,8-11,19-20,22H,5-7,12-18,21H2,1H3,(H,30,36)(H,31,35)/t22-/m0/s1. The number of piperidine rings is 1. The van der Waals surface area contributed by atoms with Crippen LogP contribution >= 0.6 is 0 Å². The predicted molar refractivity (Wildman–Crippen MR) is 152 cm³/mol. The topological polar surface area (TPSA) is 106 Å². The van der Waals surface area contributed by atoms with Gasteiger partial charge in [0.1, 0.15) is 0 Å². The summed E-state index contributed by atoms with van der Waals surface area (Å²) in [6, 6.07) is 16.2. The molecule has 3 heterocycles. The van der Waals surface area contributed by atoms with Gasteiger partial charge in [-0.1, -0.05) is 36.8 Å². The van der Waals surface area contributed by atoms with Gasteiger partial charge >= 0.3 is 0 Å². The molecule has 0 bridgehead atoms. The number of amides is 1. The highest BCUT2D eigenvalue weighted by Crippen LogP contribution is 2.27. The zero-order valence-corrected chi connectivity index (χ0v) is 23.3. The number of carbonyl (C=O) groups excluding carboxylic acids is 1. The Morgan fingerprint density at radius 2 is 1.72 bits per heavy atom. The van der Waals surface area contributed by atoms with E-state index in [2.05, 4.69) is 44.4 Å². The lowest BCUT2D eigenvalue weighted by molar-refractivity contribution is 0.0935. The summed E-state index contributed by atoms with van der Waals surface area (Å²) in [7, 11) is -3.71. The highest BCUT2D eigenvalue weighted by Gasteiger charge is 2.31. The van der Waals surface area contributed by atoms with Crippen LogP contribution in [0.3, 0.4) is 0 Å². The Morgan fingerprint density at radius 3 is 2.46 bits per heavy atom. The number of sulfonamides is 1. The van der Waals surface area contributed by atoms with Crippen LogP contribution in [0, 0.1) is 0 Å². The van der Waals surface area contributed by atoms with Gasteiger partial charge in [0.2, 0.25) is 15.6 Å². The fourth-order valence-electron chi connectivity index (χ4n) is 5.58. The Morgan fingerprint density at radius 1 is 0.974 bits per heavy atom. The third kappa shape index (κ3) is 6.41. The van der Waals surface area contributed by atoms with E-state index in [4.69, 9.17) is 0 Å². The number of aromatic nitrogens is 1. The molecule has 2 aromatic carbocycles. The molecule has 1 atom stereocenters. The number of nitrogens with zero attached hydrogens (tertiary/aromatic N) is 3. The first-order valence-electron chi connectivity index (χ1n) is 13.8. The molecule has 5 rings (SSSR count). The zero-order chi connectivity index (χ0) is 27.4. The summed E-state index contributed by atoms with van der Waals surface area (Å²) in [5.41, 5.74) is 1.53. The smallest absolute Gasteiger partial charge is 0.252 e. The summed E-state index contributed by atoms with van der Waals surface area (Å²) < 4.78 is 28.4. The summed E-state index contributed by atoms with van der Waals surface area (Å²) in [5.74, 6) is -0.380. The van der Waals surface area contributed by atoms with Gasteiger partial charge in [-0.2, -0.15) is 4.31 Å². The average molecular weight is 552 g/mol. The number of pyridine rings is 1. The van der Waals surface area contributed by atoms with Crippen LogP contribution in [0.2, 0.25) is 0 Å². The number of piperazine rings is 1. The van der Waals surface area contributed by atoms with Crippen molar-refractivity contribution < 1.29 is 13.2 Å². The van der Waals surface area contributed by atoms with Crippen molar-refractivity contribution in [3.8, 4) is 0 Å². The first-order valence-corrected chi connectivity index (χ1v) is 15.2. The number of hydrogen-bond donors (Lipinski definition) is 2. The molecular weight excluding hydrogens is 514 g/mol. The first-order chi connectivity index (χ1) is 18.8. The number of rotatable bonds is 8. The summed E-state index contributed by atoms with van der Waals surface area (Å²) in [5, 5.41) is 3.36. The van der Waals surface area contributed by atoms with E-state index in [1.54, 1.807) is 10.4 Å². The molecule has 0 aliphatic carbocycles. The van der Waals surface area contributed by atoms with E-state index in [-0.39, 0.29) is 22.4 Å². The van der Waals surface area contributed by atoms with Gasteiger partial charge in [0.15, 0.2) is 0 Å². The van der Waals surface area contributed by atoms with Crippen molar-refractivity contribution in [3.63, 3.8) is 0 Å². The molecule has 0 unspecified atom stereocenters. The van der Waals surface area contributed by atoms with Crippen molar-refractivity contribution in [1.29, 1.82) is 0 Å². The van der Waals surface area contributed by atoms with Crippen LogP contribution in [-0.4, -0.2) is 85.3 Å². The Labute approximate surface area is 229 Å². The Kier molecular flexibility index (Phi) is 8.46. The highest BCUT2D eigenvalue weighted by molar-refractivity contribution is 7.89. The molecule has 0 spiro atoms. The maximum absolute atomic E-state index is 13.4. The molecule has 0 saturated carbocycles. The van der Waals surface area contributed by atoms with Crippen molar-refractivity contribution in [2.24, 2.45) is 0 Å². The number of fused-ring (bicyclic) bond motifs is 1. The lowest BCUT2D eigenvalue weighted by Gasteiger charge is -2.34. The highest BCUT2D eigenvalue weighted by atomic mass is 32.2. The van der Waals surface area contributed by atoms with E-state index in [9.17, 15) is 18.0 Å². The predicted octanol–water partition coefficient (Wildman–Crippen LogP) is 2.64. The average Bonchev–Trinajstić information content (AvgIpc) is 2.94. The summed E-state index contributed by atoms with van der Waals surface area (Å²) in [6.45, 7) is 8.28. The second kappa shape index (κ2) is 12.0. The van der Waals surface area contributed by atoms with Crippen molar-refractivity contribution in [2.75, 3.05) is 45.8 Å². The SMILES string of the molecule is C[C@H]1CCCCN1S(=O)(=O)c1ccc2[nH]c(=O)cc(C(=O)NCCN3CCN(Cc4ccccc4)CC3)c2c1. The molecule has 2 aliphatic heterocycles. The third-order valence-corrected chi connectivity index (χ3v) is 9.84. The third-order valence-electron chi connectivity index (χ3n) is 7.84. The van der Waals surface area contributed by atoms with E-state index in [0.29, 0.717) is 30.5 Å². The normalized spacial score (nSPS) is 19.8. The van der Waals surface area contributed by atoms with E-state index in [1.165, 1.54) is 23.8 Å². The summed E-state index contributed by atoms with van der Waals surface area (Å²) >= 11 is 0. The van der Waals surface area contributed by atoms with Crippen LogP contribution in [0.5, 0.6) is 0 Å². The Bertz CT molecular complexity index is 1470. The molecule has 2 aliphatic rings. The molecule has 1 amide bonds. The van der Waals surface area contributed by atoms with E-state index >= 15 is 0 Å². The summed E-state index contributed by atoms with van der Waals surface area (Å²) in [4.78, 5) is 33.1. The number of hydrogen-bond acceptors (Lipinski definition) is 6. The molecule has 3 aromatic rings. The monoisotopic (exact) mass is 551 g/mol. The number of carbonyl (C=O) groups is 1. The van der Waals surface area contributed by atoms with Crippen molar-refractivity contribution >= 4 is 26.8 Å². The van der Waals surface area contributed by atoms with Gasteiger partial charge in [0.25, 0.3) is 5.91 Å². The maximum Gasteiger partial charge on any atom is 0.252 e. The molecule has 2 saturated heterocycles. The van der Waals surface area contributed by atoms with Crippen LogP contribution in [0.25, 0.3) is 10.9 Å². The van der Waals surface area contributed by atoms with E-state index in [0.717, 1.165) is 52.0 Å². The molecule has 1 aromatic heterocycles. The van der Waals surface area contributed by atoms with Gasteiger partial charge in [-0.3, -0.25) is 19.4 Å². The van der Waals surface area contributed by atoms with Crippen LogP contribution in [0.1, 0.15) is 42.1 Å². The van der Waals surface area contributed by atoms with Crippen LogP contribution in [0.15, 0.2) is 64.3 Å². The Balaban J connectivity index is 1.23. The largest absolute Gasteiger partial charge is 0.351 e. The van der Waals surface area contributed by atoms with Crippen LogP contribution < -0.4 is 10.9 Å². The van der Waals surface area contributed by atoms with Gasteiger partial charge < -0.3 is 10.3 Å². The molecule has 2 fully saturated rings. The number of aromatic amines is 1. The maximum atomic E-state index is 13.4. The minimum absolute atomic E-state index is 0.0713. The van der Waals surface area contributed by atoms with Crippen LogP contribution in [-0.2, 0) is 16.6 Å². The molecule has 39 heavy (non-hydrogen) atoms. The zero-order valence-electron chi connectivity index (χ0n) is 22.4. The minimum atomic E-state index is -3.71. The van der Waals surface area contributed by atoms with Crippen molar-refractivity contribution in [3.05, 3.63) is 76.1 Å². The fraction of sp³-hybridized carbons (Fsp3) is 0.448. The summed E-state index contributed by atoms with van der Waals surface area (Å²) in [6.07, 6.45) is 2.68. The molecule has 208 valence electrons. The molecule has 9 nitrogen and oxygen atoms in total. The Hall–Kier alpha value is -3.05. The molecule has 2 N–H and O–H groups in total. The van der Waals surface area contributed by atoms with Crippen LogP contribution in [0.4, 0.5) is 0 Å².